The van der Waals surface area contributed by atoms with Gasteiger partial charge < -0.3 is 25.0 Å². The number of nitrogens with one attached hydrogen (secondary N) is 2. The monoisotopic (exact) mass is 608 g/mol. The van der Waals surface area contributed by atoms with Gasteiger partial charge in [0.2, 0.25) is 5.91 Å². The van der Waals surface area contributed by atoms with E-state index >= 15 is 0 Å². The van der Waals surface area contributed by atoms with Gasteiger partial charge >= 0.3 is 6.09 Å². The van der Waals surface area contributed by atoms with Gasteiger partial charge in [0.05, 0.1) is 31.7 Å². The number of nitrogens with two attached hydrogens (primary N) is 1. The lowest BCUT2D eigenvalue weighted by atomic mass is 9.83. The number of carbonyl (C=O) groups is 2. The Balaban J connectivity index is 1.46. The summed E-state index contributed by atoms with van der Waals surface area (Å²) in [6.45, 7) is 4.99. The van der Waals surface area contributed by atoms with E-state index in [0.717, 1.165) is 56.1 Å². The third-order valence-corrected chi connectivity index (χ3v) is 8.46. The summed E-state index contributed by atoms with van der Waals surface area (Å²) < 4.78 is 16.7. The smallest absolute Gasteiger partial charge is 0.417 e. The molecule has 4 aromatic rings. The van der Waals surface area contributed by atoms with E-state index in [4.69, 9.17) is 20.1 Å². The highest BCUT2D eigenvalue weighted by atomic mass is 16.6. The molecule has 4 N–H and O–H groups in total. The van der Waals surface area contributed by atoms with Gasteiger partial charge in [0.1, 0.15) is 18.4 Å². The van der Waals surface area contributed by atoms with Crippen LogP contribution in [0.25, 0.3) is 0 Å². The molecule has 1 saturated heterocycles. The fourth-order valence-electron chi connectivity index (χ4n) is 5.86. The maximum absolute atomic E-state index is 14.1. The molecule has 0 radical (unpaired) electrons. The summed E-state index contributed by atoms with van der Waals surface area (Å²) in [5.74, 6) is 6.06. The average molecular weight is 609 g/mol. The Bertz CT molecular complexity index is 1640. The first-order chi connectivity index (χ1) is 21.8. The van der Waals surface area contributed by atoms with E-state index in [1.807, 2.05) is 93.7 Å². The van der Waals surface area contributed by atoms with Crippen molar-refractivity contribution in [2.24, 2.45) is 5.84 Å². The summed E-state index contributed by atoms with van der Waals surface area (Å²) in [5, 5.41) is 3.17. The van der Waals surface area contributed by atoms with Crippen LogP contribution in [-0.2, 0) is 27.5 Å². The lowest BCUT2D eigenvalue weighted by Crippen LogP contribution is -2.35. The molecule has 0 saturated carbocycles. The number of nitrogen functional groups attached to an aromatic ring is 1. The number of benzene rings is 4. The Morgan fingerprint density at radius 1 is 1.02 bits per heavy atom. The fraction of sp³-hybridized carbons (Fsp3) is 0.278. The third-order valence-electron chi connectivity index (χ3n) is 8.46. The van der Waals surface area contributed by atoms with Crippen molar-refractivity contribution in [2.75, 3.05) is 31.5 Å². The van der Waals surface area contributed by atoms with Crippen molar-refractivity contribution in [1.82, 2.24) is 4.90 Å². The van der Waals surface area contributed by atoms with Crippen molar-refractivity contribution >= 4 is 23.4 Å². The molecule has 0 aliphatic carbocycles. The Labute approximate surface area is 264 Å². The number of rotatable bonds is 12. The molecule has 0 spiro atoms. The minimum atomic E-state index is -0.629. The van der Waals surface area contributed by atoms with Gasteiger partial charge in [0.15, 0.2) is 0 Å². The van der Waals surface area contributed by atoms with Crippen LogP contribution in [0.5, 0.6) is 5.75 Å². The van der Waals surface area contributed by atoms with Crippen molar-refractivity contribution in [3.63, 3.8) is 0 Å². The number of hydrogen-bond acceptors (Lipinski definition) is 8. The number of imide groups is 1. The molecule has 0 aromatic heterocycles. The number of amides is 2. The second-order valence-electron chi connectivity index (χ2n) is 11.1. The minimum absolute atomic E-state index is 0.0530. The molecule has 9 nitrogen and oxygen atoms in total. The Hall–Kier alpha value is -4.86. The summed E-state index contributed by atoms with van der Waals surface area (Å²) in [5.41, 5.74) is 11.2. The standard InChI is InChI=1S/C36H40N4O5/c1-23-10-13-27(18-28(23)21-44-20-25-11-14-29(43-4)15-12-25)31(30-16-17-32(38-3)35(39-37)24(30)2)19-34(41)40-33(22-45-36(40)42)26-8-6-5-7-9-26/h5-18,31,33,38-39H,19-22,37H2,1-4H3/t31-,33-/m1/s1. The number of nitrogens with zero attached hydrogens (tertiary/aromatic N) is 1. The van der Waals surface area contributed by atoms with Gasteiger partial charge in [0.25, 0.3) is 0 Å². The molecule has 2 amide bonds. The first kappa shape index (κ1) is 31.6. The molecule has 1 aliphatic heterocycles. The summed E-state index contributed by atoms with van der Waals surface area (Å²) in [7, 11) is 3.47. The molecule has 5 rings (SSSR count). The Morgan fingerprint density at radius 2 is 1.78 bits per heavy atom. The second-order valence-corrected chi connectivity index (χ2v) is 11.1. The highest BCUT2D eigenvalue weighted by molar-refractivity contribution is 5.94. The highest BCUT2D eigenvalue weighted by Gasteiger charge is 2.40. The van der Waals surface area contributed by atoms with Crippen molar-refractivity contribution in [2.45, 2.75) is 45.4 Å². The molecule has 1 aliphatic rings. The van der Waals surface area contributed by atoms with Gasteiger partial charge in [-0.2, -0.15) is 0 Å². The van der Waals surface area contributed by atoms with Crippen molar-refractivity contribution in [1.29, 1.82) is 0 Å². The van der Waals surface area contributed by atoms with Crippen molar-refractivity contribution in [3.05, 3.63) is 124 Å². The van der Waals surface area contributed by atoms with Crippen LogP contribution in [0.15, 0.2) is 84.9 Å². The van der Waals surface area contributed by atoms with E-state index in [1.54, 1.807) is 7.11 Å². The summed E-state index contributed by atoms with van der Waals surface area (Å²) >= 11 is 0. The molecule has 1 heterocycles. The lowest BCUT2D eigenvalue weighted by molar-refractivity contribution is -0.129. The van der Waals surface area contributed by atoms with Gasteiger partial charge in [-0.1, -0.05) is 66.7 Å². The summed E-state index contributed by atoms with van der Waals surface area (Å²) in [6.07, 6.45) is -0.576. The number of carbonyl (C=O) groups excluding carboxylic acids is 2. The molecule has 234 valence electrons. The predicted octanol–water partition coefficient (Wildman–Crippen LogP) is 6.60. The van der Waals surface area contributed by atoms with E-state index in [-0.39, 0.29) is 24.9 Å². The lowest BCUT2D eigenvalue weighted by Gasteiger charge is -2.26. The highest BCUT2D eigenvalue weighted by Crippen LogP contribution is 2.39. The minimum Gasteiger partial charge on any atom is -0.497 e. The van der Waals surface area contributed by atoms with Crippen LogP contribution in [0.2, 0.25) is 0 Å². The molecule has 0 bridgehead atoms. The molecule has 0 unspecified atom stereocenters. The number of ether oxygens (including phenoxy) is 3. The van der Waals surface area contributed by atoms with Crippen LogP contribution >= 0.6 is 0 Å². The van der Waals surface area contributed by atoms with Gasteiger partial charge in [-0.05, 0) is 71.0 Å². The van der Waals surface area contributed by atoms with Crippen molar-refractivity contribution < 1.29 is 23.8 Å². The summed E-state index contributed by atoms with van der Waals surface area (Å²) in [6, 6.07) is 26.9. The number of aryl methyl sites for hydroxylation is 1. The number of hydrazine groups is 1. The van der Waals surface area contributed by atoms with E-state index in [1.165, 1.54) is 4.90 Å². The molecule has 9 heteroatoms. The van der Waals surface area contributed by atoms with Crippen LogP contribution < -0.4 is 21.3 Å². The van der Waals surface area contributed by atoms with E-state index in [2.05, 4.69) is 22.9 Å². The average Bonchev–Trinajstić information content (AvgIpc) is 3.46. The normalized spacial score (nSPS) is 15.0. The van der Waals surface area contributed by atoms with E-state index < -0.39 is 12.1 Å². The van der Waals surface area contributed by atoms with Crippen LogP contribution in [0.1, 0.15) is 57.3 Å². The van der Waals surface area contributed by atoms with Gasteiger partial charge in [-0.25, -0.2) is 9.69 Å². The van der Waals surface area contributed by atoms with E-state index in [0.29, 0.717) is 13.2 Å². The molecule has 4 aromatic carbocycles. The summed E-state index contributed by atoms with van der Waals surface area (Å²) in [4.78, 5) is 28.2. The van der Waals surface area contributed by atoms with Crippen LogP contribution in [0.4, 0.5) is 16.2 Å². The number of hydrogen-bond donors (Lipinski definition) is 3. The Morgan fingerprint density at radius 3 is 2.47 bits per heavy atom. The number of anilines is 2. The van der Waals surface area contributed by atoms with E-state index in [9.17, 15) is 9.59 Å². The fourth-order valence-corrected chi connectivity index (χ4v) is 5.86. The number of methoxy groups -OCH3 is 1. The van der Waals surface area contributed by atoms with Gasteiger partial charge in [-0.3, -0.25) is 10.6 Å². The zero-order valence-electron chi connectivity index (χ0n) is 26.1. The first-order valence-corrected chi connectivity index (χ1v) is 15.0. The van der Waals surface area contributed by atoms with Gasteiger partial charge in [0, 0.05) is 19.4 Å². The maximum Gasteiger partial charge on any atom is 0.417 e. The maximum atomic E-state index is 14.1. The molecule has 1 fully saturated rings. The zero-order chi connectivity index (χ0) is 31.9. The number of cyclic esters (lactones) is 1. The Kier molecular flexibility index (Phi) is 10.0. The third kappa shape index (κ3) is 6.95. The second kappa shape index (κ2) is 14.3. The molecular weight excluding hydrogens is 568 g/mol. The topological polar surface area (TPSA) is 115 Å². The molecule has 45 heavy (non-hydrogen) atoms. The largest absolute Gasteiger partial charge is 0.497 e. The quantitative estimate of drug-likeness (QED) is 0.122. The van der Waals surface area contributed by atoms with Crippen LogP contribution in [0.3, 0.4) is 0 Å². The predicted molar refractivity (Wildman–Crippen MR) is 175 cm³/mol. The first-order valence-electron chi connectivity index (χ1n) is 15.0. The van der Waals surface area contributed by atoms with Crippen LogP contribution in [-0.4, -0.2) is 37.7 Å². The van der Waals surface area contributed by atoms with Gasteiger partial charge in [-0.15, -0.1) is 0 Å². The molecule has 2 atom stereocenters. The SMILES string of the molecule is CNc1ccc([C@H](CC(=O)N2C(=O)OC[C@@H]2c2ccccc2)c2ccc(C)c(COCc3ccc(OC)cc3)c2)c(C)c1NN. The molecular formula is C36H40N4O5. The zero-order valence-corrected chi connectivity index (χ0v) is 26.1. The van der Waals surface area contributed by atoms with Crippen LogP contribution in [0, 0.1) is 13.8 Å². The van der Waals surface area contributed by atoms with Crippen molar-refractivity contribution in [3.8, 4) is 5.75 Å².